The van der Waals surface area contributed by atoms with Crippen LogP contribution in [0.5, 0.6) is 0 Å². The van der Waals surface area contributed by atoms with E-state index < -0.39 is 0 Å². The van der Waals surface area contributed by atoms with Crippen molar-refractivity contribution in [1.82, 2.24) is 9.88 Å². The lowest BCUT2D eigenvalue weighted by Crippen LogP contribution is -2.40. The third-order valence-corrected chi connectivity index (χ3v) is 5.29. The molecule has 0 bridgehead atoms. The summed E-state index contributed by atoms with van der Waals surface area (Å²) < 4.78 is 0. The molecule has 0 saturated carbocycles. The fourth-order valence-electron chi connectivity index (χ4n) is 3.82. The van der Waals surface area contributed by atoms with Crippen LogP contribution in [0.4, 0.5) is 0 Å². The van der Waals surface area contributed by atoms with Crippen LogP contribution in [-0.4, -0.2) is 29.5 Å². The van der Waals surface area contributed by atoms with E-state index in [2.05, 4.69) is 58.9 Å². The zero-order chi connectivity index (χ0) is 18.1. The molecular weight excluding hydrogens is 320 g/mol. The largest absolute Gasteiger partial charge is 0.322 e. The second-order valence-electron chi connectivity index (χ2n) is 7.34. The maximum atomic E-state index is 11.8. The van der Waals surface area contributed by atoms with Crippen molar-refractivity contribution in [3.63, 3.8) is 0 Å². The van der Waals surface area contributed by atoms with E-state index >= 15 is 0 Å². The molecule has 4 rings (SSSR count). The molecule has 132 valence electrons. The van der Waals surface area contributed by atoms with Crippen molar-refractivity contribution in [3.8, 4) is 0 Å². The van der Waals surface area contributed by atoms with Gasteiger partial charge in [-0.05, 0) is 60.2 Å². The lowest BCUT2D eigenvalue weighted by molar-refractivity contribution is 0.244. The van der Waals surface area contributed by atoms with Crippen molar-refractivity contribution in [2.45, 2.75) is 19.3 Å². The summed E-state index contributed by atoms with van der Waals surface area (Å²) in [5, 5.41) is 1.10. The molecule has 1 unspecified atom stereocenters. The second kappa shape index (κ2) is 6.93. The Labute approximate surface area is 154 Å². The number of likely N-dealkylation sites (tertiary alicyclic amines) is 1. The Morgan fingerprint density at radius 1 is 1.08 bits per heavy atom. The zero-order valence-electron chi connectivity index (χ0n) is 15.2. The predicted octanol–water partition coefficient (Wildman–Crippen LogP) is 4.23. The molecule has 1 atom stereocenters. The van der Waals surface area contributed by atoms with Crippen molar-refractivity contribution in [1.29, 1.82) is 0 Å². The van der Waals surface area contributed by atoms with Gasteiger partial charge in [0.25, 0.3) is 5.56 Å². The van der Waals surface area contributed by atoms with Crippen LogP contribution in [0, 0.1) is 6.92 Å². The van der Waals surface area contributed by atoms with Gasteiger partial charge in [0.2, 0.25) is 0 Å². The van der Waals surface area contributed by atoms with E-state index in [1.165, 1.54) is 16.7 Å². The Morgan fingerprint density at radius 3 is 2.58 bits per heavy atom. The number of benzene rings is 2. The normalized spacial score (nSPS) is 15.8. The molecule has 1 saturated heterocycles. The van der Waals surface area contributed by atoms with E-state index in [9.17, 15) is 4.79 Å². The standard InChI is InChI=1S/C23H24N2O/c1-16-14-25(15-16)11-10-21(18-6-4-3-5-7-18)19-8-9-22-20(13-19)12-17(2)23(26)24-22/h3-9,12-13,21H,1,10-11,14-15H2,2H3,(H,24,26). The molecular formula is C23H24N2O. The van der Waals surface area contributed by atoms with Crippen LogP contribution < -0.4 is 5.56 Å². The van der Waals surface area contributed by atoms with Crippen molar-refractivity contribution in [2.24, 2.45) is 0 Å². The first-order valence-electron chi connectivity index (χ1n) is 9.18. The van der Waals surface area contributed by atoms with E-state index in [0.29, 0.717) is 5.92 Å². The summed E-state index contributed by atoms with van der Waals surface area (Å²) in [7, 11) is 0. The quantitative estimate of drug-likeness (QED) is 0.703. The summed E-state index contributed by atoms with van der Waals surface area (Å²) in [5.41, 5.74) is 5.61. The Balaban J connectivity index is 1.68. The number of aromatic amines is 1. The SMILES string of the molecule is C=C1CN(CCC(c2ccccc2)c2ccc3[nH]c(=O)c(C)cc3c2)C1. The highest BCUT2D eigenvalue weighted by Crippen LogP contribution is 2.31. The average Bonchev–Trinajstić information content (AvgIpc) is 2.62. The molecule has 0 spiro atoms. The van der Waals surface area contributed by atoms with Crippen molar-refractivity contribution in [2.75, 3.05) is 19.6 Å². The van der Waals surface area contributed by atoms with Gasteiger partial charge in [-0.3, -0.25) is 9.69 Å². The topological polar surface area (TPSA) is 36.1 Å². The minimum absolute atomic E-state index is 0.0112. The smallest absolute Gasteiger partial charge is 0.251 e. The zero-order valence-corrected chi connectivity index (χ0v) is 15.2. The lowest BCUT2D eigenvalue weighted by Gasteiger charge is -2.34. The molecule has 3 aromatic rings. The predicted molar refractivity (Wildman–Crippen MR) is 108 cm³/mol. The maximum absolute atomic E-state index is 11.8. The Kier molecular flexibility index (Phi) is 4.48. The van der Waals surface area contributed by atoms with Gasteiger partial charge in [-0.2, -0.15) is 0 Å². The van der Waals surface area contributed by atoms with E-state index in [1.54, 1.807) is 0 Å². The molecule has 3 heteroatoms. The summed E-state index contributed by atoms with van der Waals surface area (Å²) in [6.07, 6.45) is 1.07. The minimum Gasteiger partial charge on any atom is -0.322 e. The molecule has 2 aromatic carbocycles. The lowest BCUT2D eigenvalue weighted by atomic mass is 9.87. The van der Waals surface area contributed by atoms with Crippen molar-refractivity contribution < 1.29 is 0 Å². The first-order chi connectivity index (χ1) is 12.6. The van der Waals surface area contributed by atoms with Gasteiger partial charge in [-0.1, -0.05) is 43.0 Å². The number of nitrogens with one attached hydrogen (secondary N) is 1. The van der Waals surface area contributed by atoms with Gasteiger partial charge in [0, 0.05) is 30.1 Å². The number of nitrogens with zero attached hydrogens (tertiary/aromatic N) is 1. The highest BCUT2D eigenvalue weighted by molar-refractivity contribution is 5.80. The molecule has 1 N–H and O–H groups in total. The van der Waals surface area contributed by atoms with Gasteiger partial charge >= 0.3 is 0 Å². The van der Waals surface area contributed by atoms with Gasteiger partial charge in [0.1, 0.15) is 0 Å². The summed E-state index contributed by atoms with van der Waals surface area (Å²) in [4.78, 5) is 17.3. The van der Waals surface area contributed by atoms with Gasteiger partial charge in [0.05, 0.1) is 0 Å². The van der Waals surface area contributed by atoms with Crippen LogP contribution in [0.2, 0.25) is 0 Å². The van der Waals surface area contributed by atoms with E-state index in [4.69, 9.17) is 0 Å². The Hall–Kier alpha value is -2.65. The van der Waals surface area contributed by atoms with Crippen molar-refractivity contribution >= 4 is 10.9 Å². The van der Waals surface area contributed by atoms with Gasteiger partial charge in [-0.25, -0.2) is 0 Å². The molecule has 1 aromatic heterocycles. The third kappa shape index (κ3) is 3.35. The molecule has 1 aliphatic rings. The Bertz CT molecular complexity index is 996. The number of aryl methyl sites for hydroxylation is 1. The molecule has 26 heavy (non-hydrogen) atoms. The number of pyridine rings is 1. The highest BCUT2D eigenvalue weighted by atomic mass is 16.1. The molecule has 1 fully saturated rings. The monoisotopic (exact) mass is 344 g/mol. The summed E-state index contributed by atoms with van der Waals surface area (Å²) in [6.45, 7) is 9.02. The van der Waals surface area contributed by atoms with Gasteiger partial charge in [0.15, 0.2) is 0 Å². The van der Waals surface area contributed by atoms with Crippen LogP contribution in [0.15, 0.2) is 71.5 Å². The number of aromatic nitrogens is 1. The van der Waals surface area contributed by atoms with Crippen LogP contribution in [0.25, 0.3) is 10.9 Å². The van der Waals surface area contributed by atoms with E-state index in [-0.39, 0.29) is 5.56 Å². The number of hydrogen-bond acceptors (Lipinski definition) is 2. The summed E-state index contributed by atoms with van der Waals surface area (Å²) in [5.74, 6) is 0.349. The van der Waals surface area contributed by atoms with E-state index in [0.717, 1.165) is 42.5 Å². The second-order valence-corrected chi connectivity index (χ2v) is 7.34. The summed E-state index contributed by atoms with van der Waals surface area (Å²) >= 11 is 0. The first-order valence-corrected chi connectivity index (χ1v) is 9.18. The fraction of sp³-hybridized carbons (Fsp3) is 0.261. The number of fused-ring (bicyclic) bond motifs is 1. The van der Waals surface area contributed by atoms with Crippen LogP contribution in [0.1, 0.15) is 29.0 Å². The first kappa shape index (κ1) is 16.8. The molecule has 0 aliphatic carbocycles. The van der Waals surface area contributed by atoms with E-state index in [1.807, 2.05) is 19.1 Å². The number of rotatable bonds is 5. The molecule has 3 nitrogen and oxygen atoms in total. The van der Waals surface area contributed by atoms with Crippen molar-refractivity contribution in [3.05, 3.63) is 93.8 Å². The maximum Gasteiger partial charge on any atom is 0.251 e. The minimum atomic E-state index is -0.0112. The van der Waals surface area contributed by atoms with Gasteiger partial charge < -0.3 is 4.98 Å². The third-order valence-electron chi connectivity index (χ3n) is 5.29. The van der Waals surface area contributed by atoms with Crippen LogP contribution in [-0.2, 0) is 0 Å². The highest BCUT2D eigenvalue weighted by Gasteiger charge is 2.21. The number of hydrogen-bond donors (Lipinski definition) is 1. The fourth-order valence-corrected chi connectivity index (χ4v) is 3.82. The molecule has 1 aliphatic heterocycles. The molecule has 0 radical (unpaired) electrons. The average molecular weight is 344 g/mol. The van der Waals surface area contributed by atoms with Crippen LogP contribution >= 0.6 is 0 Å². The number of H-pyrrole nitrogens is 1. The van der Waals surface area contributed by atoms with Crippen LogP contribution in [0.3, 0.4) is 0 Å². The molecule has 2 heterocycles. The van der Waals surface area contributed by atoms with Gasteiger partial charge in [-0.15, -0.1) is 0 Å². The molecule has 0 amide bonds. The Morgan fingerprint density at radius 2 is 1.85 bits per heavy atom. The summed E-state index contributed by atoms with van der Waals surface area (Å²) in [6, 6.07) is 19.1.